The van der Waals surface area contributed by atoms with Gasteiger partial charge in [0.25, 0.3) is 0 Å². The Morgan fingerprint density at radius 3 is 1.56 bits per heavy atom. The van der Waals surface area contributed by atoms with Gasteiger partial charge in [0.05, 0.1) is 0 Å². The number of hydrogen-bond acceptors (Lipinski definition) is 2. The lowest BCUT2D eigenvalue weighted by molar-refractivity contribution is -0.277. The first-order valence-electron chi connectivity index (χ1n) is 4.76. The van der Waals surface area contributed by atoms with Crippen LogP contribution in [-0.4, -0.2) is 12.7 Å². The molecule has 1 aromatic carbocycles. The zero-order valence-corrected chi connectivity index (χ0v) is 9.02. The molecule has 102 valence electrons. The van der Waals surface area contributed by atoms with Crippen molar-refractivity contribution in [3.8, 4) is 11.5 Å². The lowest BCUT2D eigenvalue weighted by Crippen LogP contribution is -2.20. The molecule has 0 aliphatic carbocycles. The molecule has 0 N–H and O–H groups in total. The number of rotatable bonds is 3. The molecular formula is C10H8F6O2. The van der Waals surface area contributed by atoms with Gasteiger partial charge in [0.1, 0.15) is 11.5 Å². The maximum atomic E-state index is 12.0. The van der Waals surface area contributed by atoms with Crippen LogP contribution in [0.1, 0.15) is 12.5 Å². The van der Waals surface area contributed by atoms with E-state index in [1.807, 2.05) is 0 Å². The molecule has 0 amide bonds. The Morgan fingerprint density at radius 1 is 0.889 bits per heavy atom. The van der Waals surface area contributed by atoms with Gasteiger partial charge in [-0.1, -0.05) is 13.0 Å². The number of benzene rings is 1. The summed E-state index contributed by atoms with van der Waals surface area (Å²) in [4.78, 5) is 0. The summed E-state index contributed by atoms with van der Waals surface area (Å²) in [5.41, 5.74) is -0.299. The summed E-state index contributed by atoms with van der Waals surface area (Å²) in [5, 5.41) is 0. The lowest BCUT2D eigenvalue weighted by Gasteiger charge is -2.16. The van der Waals surface area contributed by atoms with E-state index in [4.69, 9.17) is 0 Å². The molecule has 0 heterocycles. The fraction of sp³-hybridized carbons (Fsp3) is 0.400. The quantitative estimate of drug-likeness (QED) is 0.774. The van der Waals surface area contributed by atoms with E-state index in [0.29, 0.717) is 0 Å². The lowest BCUT2D eigenvalue weighted by atomic mass is 10.1. The zero-order valence-electron chi connectivity index (χ0n) is 9.02. The molecule has 1 rings (SSSR count). The molecule has 0 saturated carbocycles. The van der Waals surface area contributed by atoms with Crippen LogP contribution in [0.2, 0.25) is 0 Å². The van der Waals surface area contributed by atoms with Crippen molar-refractivity contribution < 1.29 is 35.8 Å². The minimum atomic E-state index is -4.97. The molecule has 0 radical (unpaired) electrons. The van der Waals surface area contributed by atoms with Gasteiger partial charge < -0.3 is 9.47 Å². The van der Waals surface area contributed by atoms with Crippen LogP contribution in [0.5, 0.6) is 11.5 Å². The molecule has 1 aromatic rings. The Balaban J connectivity index is 3.10. The number of alkyl halides is 6. The van der Waals surface area contributed by atoms with Gasteiger partial charge in [-0.15, -0.1) is 26.3 Å². The van der Waals surface area contributed by atoms with Crippen molar-refractivity contribution in [3.05, 3.63) is 23.8 Å². The minimum absolute atomic E-state index is 0.0995. The fourth-order valence-corrected chi connectivity index (χ4v) is 1.33. The van der Waals surface area contributed by atoms with Crippen LogP contribution in [0.4, 0.5) is 26.3 Å². The van der Waals surface area contributed by atoms with Gasteiger partial charge in [-0.05, 0) is 18.6 Å². The van der Waals surface area contributed by atoms with Crippen molar-refractivity contribution >= 4 is 0 Å². The maximum Gasteiger partial charge on any atom is 0.573 e. The van der Waals surface area contributed by atoms with Crippen LogP contribution >= 0.6 is 0 Å². The summed E-state index contributed by atoms with van der Waals surface area (Å²) < 4.78 is 79.5. The second kappa shape index (κ2) is 4.95. The maximum absolute atomic E-state index is 12.0. The highest BCUT2D eigenvalue weighted by atomic mass is 19.4. The monoisotopic (exact) mass is 274 g/mol. The number of hydrogen-bond donors (Lipinski definition) is 0. The third kappa shape index (κ3) is 4.34. The van der Waals surface area contributed by atoms with Crippen molar-refractivity contribution in [1.29, 1.82) is 0 Å². The highest BCUT2D eigenvalue weighted by Crippen LogP contribution is 2.35. The van der Waals surface area contributed by atoms with Crippen molar-refractivity contribution in [1.82, 2.24) is 0 Å². The topological polar surface area (TPSA) is 18.5 Å². The molecule has 0 aromatic heterocycles. The summed E-state index contributed by atoms with van der Waals surface area (Å²) in [6.45, 7) is 1.39. The normalized spacial score (nSPS) is 12.4. The largest absolute Gasteiger partial charge is 0.573 e. The molecule has 0 saturated heterocycles. The Bertz CT molecular complexity index is 376. The predicted molar refractivity (Wildman–Crippen MR) is 49.2 cm³/mol. The summed E-state index contributed by atoms with van der Waals surface area (Å²) in [7, 11) is 0. The Labute approximate surface area is 98.1 Å². The summed E-state index contributed by atoms with van der Waals surface area (Å²) >= 11 is 0. The number of ether oxygens (including phenoxy) is 2. The third-order valence-electron chi connectivity index (χ3n) is 1.89. The minimum Gasteiger partial charge on any atom is -0.405 e. The zero-order chi connectivity index (χ0) is 14.0. The molecule has 8 heteroatoms. The van der Waals surface area contributed by atoms with Crippen LogP contribution in [0.25, 0.3) is 0 Å². The van der Waals surface area contributed by atoms with Crippen LogP contribution in [0, 0.1) is 0 Å². The fourth-order valence-electron chi connectivity index (χ4n) is 1.33. The first-order valence-corrected chi connectivity index (χ1v) is 4.76. The van der Waals surface area contributed by atoms with Crippen molar-refractivity contribution in [2.75, 3.05) is 0 Å². The molecule has 18 heavy (non-hydrogen) atoms. The van der Waals surface area contributed by atoms with E-state index in [1.165, 1.54) is 6.92 Å². The SMILES string of the molecule is CCc1c(OC(F)(F)F)cccc1OC(F)(F)F. The first-order chi connectivity index (χ1) is 8.12. The van der Waals surface area contributed by atoms with Crippen molar-refractivity contribution in [3.63, 3.8) is 0 Å². The molecule has 2 nitrogen and oxygen atoms in total. The second-order valence-corrected chi connectivity index (χ2v) is 3.18. The summed E-state index contributed by atoms with van der Waals surface area (Å²) in [5.74, 6) is -1.40. The van der Waals surface area contributed by atoms with Crippen molar-refractivity contribution in [2.45, 2.75) is 26.1 Å². The third-order valence-corrected chi connectivity index (χ3v) is 1.89. The Morgan fingerprint density at radius 2 is 1.28 bits per heavy atom. The highest BCUT2D eigenvalue weighted by molar-refractivity contribution is 5.45. The van der Waals surface area contributed by atoms with Gasteiger partial charge in [-0.2, -0.15) is 0 Å². The summed E-state index contributed by atoms with van der Waals surface area (Å²) in [6.07, 6.45) is -10.0. The van der Waals surface area contributed by atoms with E-state index in [1.54, 1.807) is 0 Å². The summed E-state index contributed by atoms with van der Waals surface area (Å²) in [6, 6.07) is 2.84. The number of halogens is 6. The Kier molecular flexibility index (Phi) is 3.98. The molecule has 0 atom stereocenters. The van der Waals surface area contributed by atoms with Crippen LogP contribution in [-0.2, 0) is 6.42 Å². The van der Waals surface area contributed by atoms with Gasteiger partial charge >= 0.3 is 12.7 Å². The van der Waals surface area contributed by atoms with Gasteiger partial charge in [-0.25, -0.2) is 0 Å². The van der Waals surface area contributed by atoms with Gasteiger partial charge in [0.15, 0.2) is 0 Å². The van der Waals surface area contributed by atoms with Gasteiger partial charge in [-0.3, -0.25) is 0 Å². The molecule has 0 unspecified atom stereocenters. The van der Waals surface area contributed by atoms with E-state index >= 15 is 0 Å². The smallest absolute Gasteiger partial charge is 0.405 e. The van der Waals surface area contributed by atoms with Crippen molar-refractivity contribution in [2.24, 2.45) is 0 Å². The second-order valence-electron chi connectivity index (χ2n) is 3.18. The van der Waals surface area contributed by atoms with Gasteiger partial charge in [0, 0.05) is 5.56 Å². The van der Waals surface area contributed by atoms with Crippen LogP contribution < -0.4 is 9.47 Å². The highest BCUT2D eigenvalue weighted by Gasteiger charge is 2.35. The van der Waals surface area contributed by atoms with E-state index < -0.39 is 24.2 Å². The molecule has 0 spiro atoms. The molecule has 0 aliphatic rings. The molecule has 0 aliphatic heterocycles. The standard InChI is InChI=1S/C10H8F6O2/c1-2-6-7(17-9(11,12)13)4-3-5-8(6)18-10(14,15)16/h3-5H,2H2,1H3. The van der Waals surface area contributed by atoms with E-state index in [2.05, 4.69) is 9.47 Å². The average molecular weight is 274 g/mol. The molecular weight excluding hydrogens is 266 g/mol. The van der Waals surface area contributed by atoms with Gasteiger partial charge in [0.2, 0.25) is 0 Å². The predicted octanol–water partition coefficient (Wildman–Crippen LogP) is 4.05. The molecule has 0 fully saturated rings. The molecule has 0 bridgehead atoms. The van der Waals surface area contributed by atoms with E-state index in [9.17, 15) is 26.3 Å². The average Bonchev–Trinajstić information content (AvgIpc) is 2.12. The van der Waals surface area contributed by atoms with Crippen LogP contribution in [0.3, 0.4) is 0 Å². The van der Waals surface area contributed by atoms with E-state index in [0.717, 1.165) is 18.2 Å². The van der Waals surface area contributed by atoms with Crippen LogP contribution in [0.15, 0.2) is 18.2 Å². The first kappa shape index (κ1) is 14.5. The Hall–Kier alpha value is -1.60. The van der Waals surface area contributed by atoms with E-state index in [-0.39, 0.29) is 12.0 Å².